The van der Waals surface area contributed by atoms with E-state index >= 15 is 0 Å². The first kappa shape index (κ1) is 15.0. The van der Waals surface area contributed by atoms with Gasteiger partial charge in [-0.2, -0.15) is 0 Å². The SMILES string of the molecule is CN(C)[C@@H]1CN(C(=O)CCc2ccccc2)C[C@H]1CO. The van der Waals surface area contributed by atoms with Crippen LogP contribution in [-0.2, 0) is 11.2 Å². The molecule has 1 aliphatic heterocycles. The molecule has 0 spiro atoms. The third-order valence-electron chi connectivity index (χ3n) is 4.13. The fourth-order valence-corrected chi connectivity index (χ4v) is 2.88. The molecule has 0 aliphatic carbocycles. The molecule has 1 heterocycles. The van der Waals surface area contributed by atoms with Crippen molar-refractivity contribution in [2.75, 3.05) is 33.8 Å². The van der Waals surface area contributed by atoms with E-state index in [4.69, 9.17) is 0 Å². The topological polar surface area (TPSA) is 43.8 Å². The molecule has 0 aromatic heterocycles. The van der Waals surface area contributed by atoms with Crippen LogP contribution < -0.4 is 0 Å². The monoisotopic (exact) mass is 276 g/mol. The summed E-state index contributed by atoms with van der Waals surface area (Å²) in [6, 6.07) is 10.4. The predicted octanol–water partition coefficient (Wildman–Crippen LogP) is 1.00. The van der Waals surface area contributed by atoms with E-state index in [9.17, 15) is 9.90 Å². The van der Waals surface area contributed by atoms with Gasteiger partial charge in [0.1, 0.15) is 0 Å². The van der Waals surface area contributed by atoms with Crippen LogP contribution in [-0.4, -0.2) is 60.6 Å². The number of aliphatic hydroxyl groups excluding tert-OH is 1. The Morgan fingerprint density at radius 3 is 2.55 bits per heavy atom. The highest BCUT2D eigenvalue weighted by Gasteiger charge is 2.35. The number of aliphatic hydroxyl groups is 1. The summed E-state index contributed by atoms with van der Waals surface area (Å²) in [6.07, 6.45) is 1.33. The molecule has 4 nitrogen and oxygen atoms in total. The molecule has 0 unspecified atom stereocenters. The van der Waals surface area contributed by atoms with Gasteiger partial charge in [-0.3, -0.25) is 4.79 Å². The molecule has 1 saturated heterocycles. The van der Waals surface area contributed by atoms with Crippen molar-refractivity contribution >= 4 is 5.91 Å². The number of rotatable bonds is 5. The van der Waals surface area contributed by atoms with Crippen molar-refractivity contribution in [1.82, 2.24) is 9.80 Å². The number of likely N-dealkylation sites (N-methyl/N-ethyl adjacent to an activating group) is 1. The van der Waals surface area contributed by atoms with E-state index in [0.717, 1.165) is 13.0 Å². The lowest BCUT2D eigenvalue weighted by molar-refractivity contribution is -0.130. The number of likely N-dealkylation sites (tertiary alicyclic amines) is 1. The fraction of sp³-hybridized carbons (Fsp3) is 0.562. The first-order valence-electron chi connectivity index (χ1n) is 7.20. The Morgan fingerprint density at radius 1 is 1.30 bits per heavy atom. The lowest BCUT2D eigenvalue weighted by Crippen LogP contribution is -2.37. The Bertz CT molecular complexity index is 433. The number of aryl methyl sites for hydroxylation is 1. The van der Waals surface area contributed by atoms with Crippen molar-refractivity contribution in [1.29, 1.82) is 0 Å². The number of hydrogen-bond donors (Lipinski definition) is 1. The summed E-state index contributed by atoms with van der Waals surface area (Å²) >= 11 is 0. The van der Waals surface area contributed by atoms with Crippen molar-refractivity contribution in [3.05, 3.63) is 35.9 Å². The van der Waals surface area contributed by atoms with Gasteiger partial charge in [0.2, 0.25) is 5.91 Å². The molecule has 110 valence electrons. The van der Waals surface area contributed by atoms with Crippen LogP contribution in [0, 0.1) is 5.92 Å². The molecule has 20 heavy (non-hydrogen) atoms. The molecule has 1 aliphatic rings. The molecule has 1 fully saturated rings. The Labute approximate surface area is 121 Å². The lowest BCUT2D eigenvalue weighted by Gasteiger charge is -2.23. The van der Waals surface area contributed by atoms with E-state index in [2.05, 4.69) is 17.0 Å². The Morgan fingerprint density at radius 2 is 2.00 bits per heavy atom. The van der Waals surface area contributed by atoms with Gasteiger partial charge in [0.15, 0.2) is 0 Å². The van der Waals surface area contributed by atoms with Crippen molar-refractivity contribution in [2.24, 2.45) is 5.92 Å². The number of amides is 1. The lowest BCUT2D eigenvalue weighted by atomic mass is 10.0. The van der Waals surface area contributed by atoms with Gasteiger partial charge in [-0.1, -0.05) is 30.3 Å². The van der Waals surface area contributed by atoms with Crippen LogP contribution in [0.2, 0.25) is 0 Å². The maximum absolute atomic E-state index is 12.3. The van der Waals surface area contributed by atoms with E-state index in [1.807, 2.05) is 37.2 Å². The zero-order valence-electron chi connectivity index (χ0n) is 12.3. The average molecular weight is 276 g/mol. The highest BCUT2D eigenvalue weighted by atomic mass is 16.3. The van der Waals surface area contributed by atoms with Crippen LogP contribution in [0.5, 0.6) is 0 Å². The minimum Gasteiger partial charge on any atom is -0.396 e. The Kier molecular flexibility index (Phi) is 5.15. The molecule has 2 atom stereocenters. The van der Waals surface area contributed by atoms with Crippen molar-refractivity contribution in [2.45, 2.75) is 18.9 Å². The van der Waals surface area contributed by atoms with Crippen LogP contribution in [0.25, 0.3) is 0 Å². The Hall–Kier alpha value is -1.39. The number of nitrogens with zero attached hydrogens (tertiary/aromatic N) is 2. The first-order valence-corrected chi connectivity index (χ1v) is 7.20. The number of benzene rings is 1. The number of hydrogen-bond acceptors (Lipinski definition) is 3. The summed E-state index contributed by atoms with van der Waals surface area (Å²) in [6.45, 7) is 1.55. The minimum atomic E-state index is 0.144. The molecule has 1 N–H and O–H groups in total. The van der Waals surface area contributed by atoms with Gasteiger partial charge in [0.05, 0.1) is 0 Å². The summed E-state index contributed by atoms with van der Waals surface area (Å²) in [5.41, 5.74) is 1.20. The standard InChI is InChI=1S/C16H24N2O2/c1-17(2)15-11-18(10-14(15)12-19)16(20)9-8-13-6-4-3-5-7-13/h3-7,14-15,19H,8-12H2,1-2H3/t14-,15+/m0/s1. The van der Waals surface area contributed by atoms with Crippen LogP contribution in [0.15, 0.2) is 30.3 Å². The zero-order valence-corrected chi connectivity index (χ0v) is 12.3. The molecule has 1 aromatic carbocycles. The smallest absolute Gasteiger partial charge is 0.222 e. The van der Waals surface area contributed by atoms with Crippen molar-refractivity contribution in [3.8, 4) is 0 Å². The minimum absolute atomic E-state index is 0.144. The average Bonchev–Trinajstić information content (AvgIpc) is 2.90. The van der Waals surface area contributed by atoms with Crippen molar-refractivity contribution < 1.29 is 9.90 Å². The van der Waals surface area contributed by atoms with Crippen LogP contribution in [0.3, 0.4) is 0 Å². The summed E-state index contributed by atoms with van der Waals surface area (Å²) in [5, 5.41) is 9.43. The molecular formula is C16H24N2O2. The molecule has 2 rings (SSSR count). The molecule has 1 amide bonds. The molecule has 4 heteroatoms. The highest BCUT2D eigenvalue weighted by molar-refractivity contribution is 5.76. The third-order valence-corrected chi connectivity index (χ3v) is 4.13. The van der Waals surface area contributed by atoms with Gasteiger partial charge >= 0.3 is 0 Å². The van der Waals surface area contributed by atoms with E-state index in [1.54, 1.807) is 0 Å². The quantitative estimate of drug-likeness (QED) is 0.872. The molecule has 0 saturated carbocycles. The second-order valence-corrected chi connectivity index (χ2v) is 5.76. The zero-order chi connectivity index (χ0) is 14.5. The Balaban J connectivity index is 1.87. The van der Waals surface area contributed by atoms with Crippen molar-refractivity contribution in [3.63, 3.8) is 0 Å². The van der Waals surface area contributed by atoms with Gasteiger partial charge in [-0.05, 0) is 26.1 Å². The number of carbonyl (C=O) groups is 1. The van der Waals surface area contributed by atoms with E-state index in [0.29, 0.717) is 13.0 Å². The van der Waals surface area contributed by atoms with Gasteiger partial charge in [-0.25, -0.2) is 0 Å². The second kappa shape index (κ2) is 6.86. The molecular weight excluding hydrogens is 252 g/mol. The predicted molar refractivity (Wildman–Crippen MR) is 79.4 cm³/mol. The van der Waals surface area contributed by atoms with E-state index in [1.165, 1.54) is 5.56 Å². The van der Waals surface area contributed by atoms with Gasteiger partial charge in [0.25, 0.3) is 0 Å². The van der Waals surface area contributed by atoms with Crippen LogP contribution >= 0.6 is 0 Å². The van der Waals surface area contributed by atoms with Gasteiger partial charge in [-0.15, -0.1) is 0 Å². The molecule has 1 aromatic rings. The second-order valence-electron chi connectivity index (χ2n) is 5.76. The van der Waals surface area contributed by atoms with Gasteiger partial charge < -0.3 is 14.9 Å². The van der Waals surface area contributed by atoms with Gasteiger partial charge in [0, 0.05) is 38.1 Å². The van der Waals surface area contributed by atoms with E-state index < -0.39 is 0 Å². The largest absolute Gasteiger partial charge is 0.396 e. The molecule has 0 radical (unpaired) electrons. The highest BCUT2D eigenvalue weighted by Crippen LogP contribution is 2.21. The first-order chi connectivity index (χ1) is 9.61. The third kappa shape index (κ3) is 3.58. The summed E-state index contributed by atoms with van der Waals surface area (Å²) in [7, 11) is 4.01. The maximum Gasteiger partial charge on any atom is 0.222 e. The van der Waals surface area contributed by atoms with Crippen LogP contribution in [0.1, 0.15) is 12.0 Å². The molecule has 0 bridgehead atoms. The fourth-order valence-electron chi connectivity index (χ4n) is 2.88. The van der Waals surface area contributed by atoms with Crippen LogP contribution in [0.4, 0.5) is 0 Å². The summed E-state index contributed by atoms with van der Waals surface area (Å²) < 4.78 is 0. The summed E-state index contributed by atoms with van der Waals surface area (Å²) in [5.74, 6) is 0.363. The van der Waals surface area contributed by atoms with E-state index in [-0.39, 0.29) is 24.5 Å². The summed E-state index contributed by atoms with van der Waals surface area (Å²) in [4.78, 5) is 16.3. The normalized spacial score (nSPS) is 22.5. The number of carbonyl (C=O) groups excluding carboxylic acids is 1. The maximum atomic E-state index is 12.3.